The Morgan fingerprint density at radius 1 is 1.33 bits per heavy atom. The predicted octanol–water partition coefficient (Wildman–Crippen LogP) is -1.24. The zero-order chi connectivity index (χ0) is 8.43. The summed E-state index contributed by atoms with van der Waals surface area (Å²) in [5.74, 6) is -1.34. The Labute approximate surface area is 78.4 Å². The second-order valence-corrected chi connectivity index (χ2v) is 1.81. The maximum atomic E-state index is 10.5. The van der Waals surface area contributed by atoms with Crippen LogP contribution in [0.1, 0.15) is 10.5 Å². The number of carboxylic acids is 1. The molecule has 0 aliphatic rings. The molecule has 0 bridgehead atoms. The largest absolute Gasteiger partial charge is 0.477 e. The van der Waals surface area contributed by atoms with Crippen LogP contribution >= 0.6 is 0 Å². The van der Waals surface area contributed by atoms with E-state index in [0.29, 0.717) is 0 Å². The van der Waals surface area contributed by atoms with Crippen molar-refractivity contribution in [3.8, 4) is 0 Å². The molecule has 1 heterocycles. The van der Waals surface area contributed by atoms with E-state index in [1.165, 1.54) is 0 Å². The molecule has 0 saturated heterocycles. The number of carbonyl (C=O) groups is 1. The van der Waals surface area contributed by atoms with Crippen molar-refractivity contribution in [2.75, 3.05) is 0 Å². The molecular formula is C5H4N2O4Zn. The molecular weight excluding hydrogens is 217 g/mol. The third-order valence-corrected chi connectivity index (χ3v) is 0.991. The molecule has 12 heavy (non-hydrogen) atoms. The predicted molar refractivity (Wildman–Crippen MR) is 34.6 cm³/mol. The number of aromatic nitrogens is 2. The molecule has 0 aliphatic carbocycles. The average molecular weight is 221 g/mol. The fourth-order valence-electron chi connectivity index (χ4n) is 0.584. The number of aromatic carboxylic acids is 1. The molecule has 0 unspecified atom stereocenters. The van der Waals surface area contributed by atoms with Gasteiger partial charge in [-0.1, -0.05) is 0 Å². The number of hydrogen-bond donors (Lipinski definition) is 3. The van der Waals surface area contributed by atoms with Gasteiger partial charge in [0.05, 0.1) is 0 Å². The summed E-state index contributed by atoms with van der Waals surface area (Å²) < 4.78 is 0. The van der Waals surface area contributed by atoms with Gasteiger partial charge in [-0.2, -0.15) is 0 Å². The second-order valence-electron chi connectivity index (χ2n) is 1.81. The number of aromatic amines is 2. The van der Waals surface area contributed by atoms with E-state index in [4.69, 9.17) is 5.11 Å². The zero-order valence-electron chi connectivity index (χ0n) is 5.96. The minimum absolute atomic E-state index is 0. The van der Waals surface area contributed by atoms with Crippen LogP contribution in [0.2, 0.25) is 0 Å². The quantitative estimate of drug-likeness (QED) is 0.516. The monoisotopic (exact) mass is 220 g/mol. The molecule has 0 aromatic carbocycles. The molecule has 1 rings (SSSR count). The molecule has 0 atom stereocenters. The summed E-state index contributed by atoms with van der Waals surface area (Å²) in [4.78, 5) is 34.9. The third-order valence-electron chi connectivity index (χ3n) is 0.991. The number of carboxylic acid groups (broad SMARTS) is 1. The normalized spacial score (nSPS) is 8.67. The van der Waals surface area contributed by atoms with Crippen molar-refractivity contribution in [2.24, 2.45) is 0 Å². The van der Waals surface area contributed by atoms with Gasteiger partial charge in [-0.05, 0) is 0 Å². The van der Waals surface area contributed by atoms with Crippen LogP contribution in [0.25, 0.3) is 0 Å². The maximum Gasteiger partial charge on any atom is 0.352 e. The van der Waals surface area contributed by atoms with Gasteiger partial charge < -0.3 is 10.1 Å². The second kappa shape index (κ2) is 3.97. The van der Waals surface area contributed by atoms with Crippen molar-refractivity contribution in [1.82, 2.24) is 9.97 Å². The van der Waals surface area contributed by atoms with Gasteiger partial charge in [-0.15, -0.1) is 0 Å². The first kappa shape index (κ1) is 10.8. The summed E-state index contributed by atoms with van der Waals surface area (Å²) in [5.41, 5.74) is -1.97. The molecule has 0 saturated carbocycles. The first-order chi connectivity index (χ1) is 5.09. The van der Waals surface area contributed by atoms with Crippen LogP contribution in [0.5, 0.6) is 0 Å². The van der Waals surface area contributed by atoms with Crippen molar-refractivity contribution in [3.63, 3.8) is 0 Å². The third kappa shape index (κ3) is 2.43. The maximum absolute atomic E-state index is 10.5. The van der Waals surface area contributed by atoms with Crippen molar-refractivity contribution in [2.45, 2.75) is 0 Å². The fourth-order valence-corrected chi connectivity index (χ4v) is 0.584. The Bertz CT molecular complexity index is 365. The van der Waals surface area contributed by atoms with E-state index in [1.54, 1.807) is 0 Å². The molecule has 0 radical (unpaired) electrons. The van der Waals surface area contributed by atoms with Crippen LogP contribution < -0.4 is 11.2 Å². The Morgan fingerprint density at radius 2 is 1.92 bits per heavy atom. The standard InChI is InChI=1S/C5H4N2O4.Zn/c8-3-1-2(4(9)10)6-5(11)7-3;/h1H,(H,9,10)(H2,6,7,8,11);. The van der Waals surface area contributed by atoms with Crippen LogP contribution in [0.15, 0.2) is 15.7 Å². The van der Waals surface area contributed by atoms with E-state index < -0.39 is 22.9 Å². The van der Waals surface area contributed by atoms with E-state index in [1.807, 2.05) is 9.97 Å². The summed E-state index contributed by atoms with van der Waals surface area (Å²) in [5, 5.41) is 8.31. The summed E-state index contributed by atoms with van der Waals surface area (Å²) in [6.45, 7) is 0. The minimum Gasteiger partial charge on any atom is -0.477 e. The van der Waals surface area contributed by atoms with Gasteiger partial charge in [0, 0.05) is 25.5 Å². The molecule has 0 spiro atoms. The van der Waals surface area contributed by atoms with Crippen LogP contribution in [-0.4, -0.2) is 21.0 Å². The molecule has 7 heteroatoms. The Kier molecular flexibility index (Phi) is 3.56. The molecule has 6 nitrogen and oxygen atoms in total. The van der Waals surface area contributed by atoms with Crippen LogP contribution in [0.4, 0.5) is 0 Å². The van der Waals surface area contributed by atoms with Crippen LogP contribution in [0.3, 0.4) is 0 Å². The number of nitrogens with one attached hydrogen (secondary N) is 2. The average Bonchev–Trinajstić information content (AvgIpc) is 1.85. The van der Waals surface area contributed by atoms with Gasteiger partial charge in [0.2, 0.25) is 0 Å². The van der Waals surface area contributed by atoms with E-state index in [0.717, 1.165) is 6.07 Å². The van der Waals surface area contributed by atoms with Gasteiger partial charge >= 0.3 is 11.7 Å². The van der Waals surface area contributed by atoms with Gasteiger partial charge in [0.25, 0.3) is 5.56 Å². The molecule has 0 fully saturated rings. The van der Waals surface area contributed by atoms with Gasteiger partial charge in [-0.25, -0.2) is 9.59 Å². The molecule has 1 aromatic rings. The summed E-state index contributed by atoms with van der Waals surface area (Å²) in [6.07, 6.45) is 0. The fraction of sp³-hybridized carbons (Fsp3) is 0. The van der Waals surface area contributed by atoms with Crippen molar-refractivity contribution in [3.05, 3.63) is 32.6 Å². The molecule has 1 aromatic heterocycles. The van der Waals surface area contributed by atoms with Gasteiger partial charge in [-0.3, -0.25) is 9.78 Å². The molecule has 0 amide bonds. The number of H-pyrrole nitrogens is 2. The van der Waals surface area contributed by atoms with Crippen molar-refractivity contribution in [1.29, 1.82) is 0 Å². The molecule has 3 N–H and O–H groups in total. The minimum atomic E-state index is -1.34. The van der Waals surface area contributed by atoms with E-state index in [-0.39, 0.29) is 19.5 Å². The van der Waals surface area contributed by atoms with E-state index >= 15 is 0 Å². The topological polar surface area (TPSA) is 103 Å². The van der Waals surface area contributed by atoms with Crippen LogP contribution in [-0.2, 0) is 19.5 Å². The van der Waals surface area contributed by atoms with E-state index in [2.05, 4.69) is 0 Å². The summed E-state index contributed by atoms with van der Waals surface area (Å²) in [6, 6.07) is 0.795. The van der Waals surface area contributed by atoms with Crippen molar-refractivity contribution >= 4 is 5.97 Å². The molecule has 0 aliphatic heterocycles. The first-order valence-corrected chi connectivity index (χ1v) is 2.66. The number of hydrogen-bond acceptors (Lipinski definition) is 3. The van der Waals surface area contributed by atoms with Gasteiger partial charge in [0.15, 0.2) is 0 Å². The van der Waals surface area contributed by atoms with E-state index in [9.17, 15) is 14.4 Å². The van der Waals surface area contributed by atoms with Crippen LogP contribution in [0, 0.1) is 0 Å². The Balaban J connectivity index is 0.00000121. The molecule has 60 valence electrons. The smallest absolute Gasteiger partial charge is 0.352 e. The zero-order valence-corrected chi connectivity index (χ0v) is 8.92. The first-order valence-electron chi connectivity index (χ1n) is 2.66. The summed E-state index contributed by atoms with van der Waals surface area (Å²) in [7, 11) is 0. The van der Waals surface area contributed by atoms with Gasteiger partial charge in [0.1, 0.15) is 5.69 Å². The number of rotatable bonds is 1. The summed E-state index contributed by atoms with van der Waals surface area (Å²) >= 11 is 0. The SMILES string of the molecule is O=C(O)c1cc(=O)[nH]c(=O)[nH]1.[Zn]. The van der Waals surface area contributed by atoms with Crippen molar-refractivity contribution < 1.29 is 29.4 Å². The Morgan fingerprint density at radius 3 is 2.33 bits per heavy atom. The Hall–Kier alpha value is -1.23.